The predicted octanol–water partition coefficient (Wildman–Crippen LogP) is 2.69. The van der Waals surface area contributed by atoms with Crippen LogP contribution in [0.4, 0.5) is 5.69 Å². The van der Waals surface area contributed by atoms with Crippen molar-refractivity contribution in [2.45, 2.75) is 16.7 Å². The number of hydrogen-bond acceptors (Lipinski definition) is 5. The van der Waals surface area contributed by atoms with Crippen molar-refractivity contribution in [3.05, 3.63) is 54.1 Å². The highest BCUT2D eigenvalue weighted by Gasteiger charge is 2.29. The first-order valence-corrected chi connectivity index (χ1v) is 12.2. The zero-order chi connectivity index (χ0) is 21.0. The number of thioether (sulfide) groups is 1. The van der Waals surface area contributed by atoms with Gasteiger partial charge in [0.25, 0.3) is 10.0 Å². The highest BCUT2D eigenvalue weighted by atomic mass is 32.2. The lowest BCUT2D eigenvalue weighted by molar-refractivity contribution is -0.131. The number of nitrogens with zero attached hydrogens (tertiary/aromatic N) is 3. The van der Waals surface area contributed by atoms with E-state index in [4.69, 9.17) is 0 Å². The molecule has 1 amide bonds. The summed E-state index contributed by atoms with van der Waals surface area (Å²) in [6, 6.07) is 14.0. The Balaban J connectivity index is 1.91. The number of piperazine rings is 1. The van der Waals surface area contributed by atoms with Gasteiger partial charge in [0.1, 0.15) is 6.54 Å². The molecule has 0 N–H and O–H groups in total. The Bertz CT molecular complexity index is 936. The third kappa shape index (κ3) is 5.12. The minimum atomic E-state index is -3.87. The minimum absolute atomic E-state index is 0.178. The Morgan fingerprint density at radius 1 is 1.00 bits per heavy atom. The second kappa shape index (κ2) is 9.19. The van der Waals surface area contributed by atoms with Gasteiger partial charge in [0, 0.05) is 31.1 Å². The molecule has 0 bridgehead atoms. The Hall–Kier alpha value is -2.03. The van der Waals surface area contributed by atoms with Crippen molar-refractivity contribution in [2.75, 3.05) is 50.3 Å². The van der Waals surface area contributed by atoms with Crippen LogP contribution in [0.5, 0.6) is 0 Å². The molecule has 1 fully saturated rings. The summed E-state index contributed by atoms with van der Waals surface area (Å²) in [5.74, 6) is -0.178. The number of amides is 1. The van der Waals surface area contributed by atoms with E-state index in [-0.39, 0.29) is 17.3 Å². The number of benzene rings is 2. The van der Waals surface area contributed by atoms with Gasteiger partial charge in [0.2, 0.25) is 5.91 Å². The summed E-state index contributed by atoms with van der Waals surface area (Å²) in [6.07, 6.45) is 1.94. The zero-order valence-electron chi connectivity index (χ0n) is 17.0. The first-order valence-electron chi connectivity index (χ1n) is 9.51. The van der Waals surface area contributed by atoms with Crippen molar-refractivity contribution in [2.24, 2.45) is 0 Å². The number of sulfonamides is 1. The molecule has 0 spiro atoms. The molecule has 0 unspecified atom stereocenters. The van der Waals surface area contributed by atoms with E-state index in [0.717, 1.165) is 23.5 Å². The molecule has 0 saturated carbocycles. The van der Waals surface area contributed by atoms with Gasteiger partial charge in [0.05, 0.1) is 10.6 Å². The summed E-state index contributed by atoms with van der Waals surface area (Å²) in [5, 5.41) is 0. The second-order valence-corrected chi connectivity index (χ2v) is 9.95. The minimum Gasteiger partial charge on any atom is -0.339 e. The van der Waals surface area contributed by atoms with Gasteiger partial charge in [-0.05, 0) is 56.6 Å². The van der Waals surface area contributed by atoms with Gasteiger partial charge in [-0.2, -0.15) is 0 Å². The van der Waals surface area contributed by atoms with E-state index in [1.807, 2.05) is 32.4 Å². The van der Waals surface area contributed by atoms with Crippen LogP contribution in [0.25, 0.3) is 0 Å². The highest BCUT2D eigenvalue weighted by Crippen LogP contribution is 2.26. The SMILES string of the molecule is CSc1ccc(S(=O)(=O)N(CC(=O)N2CCN(C)CC2)c2ccc(C)cc2)cc1. The van der Waals surface area contributed by atoms with E-state index in [1.165, 1.54) is 4.31 Å². The third-order valence-corrected chi connectivity index (χ3v) is 7.64. The summed E-state index contributed by atoms with van der Waals surface area (Å²) in [4.78, 5) is 18.0. The van der Waals surface area contributed by atoms with Crippen molar-refractivity contribution in [1.29, 1.82) is 0 Å². The Morgan fingerprint density at radius 3 is 2.14 bits per heavy atom. The van der Waals surface area contributed by atoms with E-state index in [0.29, 0.717) is 18.8 Å². The van der Waals surface area contributed by atoms with Gasteiger partial charge >= 0.3 is 0 Å². The molecule has 1 heterocycles. The third-order valence-electron chi connectivity index (χ3n) is 5.10. The van der Waals surface area contributed by atoms with Crippen LogP contribution in [0.15, 0.2) is 58.3 Å². The van der Waals surface area contributed by atoms with Gasteiger partial charge < -0.3 is 9.80 Å². The first kappa shape index (κ1) is 21.7. The molecular formula is C21H27N3O3S2. The summed E-state index contributed by atoms with van der Waals surface area (Å²) in [6.45, 7) is 4.54. The van der Waals surface area contributed by atoms with Gasteiger partial charge in [-0.1, -0.05) is 17.7 Å². The van der Waals surface area contributed by atoms with Crippen LogP contribution in [0.1, 0.15) is 5.56 Å². The Kier molecular flexibility index (Phi) is 6.87. The van der Waals surface area contributed by atoms with Crippen LogP contribution in [0.2, 0.25) is 0 Å². The van der Waals surface area contributed by atoms with E-state index >= 15 is 0 Å². The van der Waals surface area contributed by atoms with Crippen LogP contribution >= 0.6 is 11.8 Å². The van der Waals surface area contributed by atoms with Crippen LogP contribution in [0.3, 0.4) is 0 Å². The standard InChI is InChI=1S/C21H27N3O3S2/c1-17-4-6-18(7-5-17)24(16-21(25)23-14-12-22(2)13-15-23)29(26,27)20-10-8-19(28-3)9-11-20/h4-11H,12-16H2,1-3H3. The van der Waals surface area contributed by atoms with Gasteiger partial charge in [0.15, 0.2) is 0 Å². The number of hydrogen-bond donors (Lipinski definition) is 0. The highest BCUT2D eigenvalue weighted by molar-refractivity contribution is 7.98. The second-order valence-electron chi connectivity index (χ2n) is 7.21. The van der Waals surface area contributed by atoms with E-state index in [1.54, 1.807) is 53.1 Å². The molecule has 29 heavy (non-hydrogen) atoms. The molecule has 156 valence electrons. The van der Waals surface area contributed by atoms with Crippen molar-refractivity contribution >= 4 is 33.4 Å². The fourth-order valence-corrected chi connectivity index (χ4v) is 5.00. The number of carbonyl (C=O) groups excluding carboxylic acids is 1. The van der Waals surface area contributed by atoms with Crippen LogP contribution in [0, 0.1) is 6.92 Å². The summed E-state index contributed by atoms with van der Waals surface area (Å²) < 4.78 is 28.1. The summed E-state index contributed by atoms with van der Waals surface area (Å²) in [7, 11) is -1.85. The Labute approximate surface area is 177 Å². The first-order chi connectivity index (χ1) is 13.8. The average molecular weight is 434 g/mol. The smallest absolute Gasteiger partial charge is 0.264 e. The largest absolute Gasteiger partial charge is 0.339 e. The van der Waals surface area contributed by atoms with Crippen molar-refractivity contribution in [3.63, 3.8) is 0 Å². The van der Waals surface area contributed by atoms with Crippen LogP contribution < -0.4 is 4.31 Å². The molecule has 0 aromatic heterocycles. The molecule has 1 aliphatic heterocycles. The van der Waals surface area contributed by atoms with Crippen molar-refractivity contribution in [1.82, 2.24) is 9.80 Å². The zero-order valence-corrected chi connectivity index (χ0v) is 18.7. The molecule has 0 atom stereocenters. The van der Waals surface area contributed by atoms with Crippen LogP contribution in [-0.4, -0.2) is 70.2 Å². The fourth-order valence-electron chi connectivity index (χ4n) is 3.18. The molecule has 6 nitrogen and oxygen atoms in total. The predicted molar refractivity (Wildman–Crippen MR) is 118 cm³/mol. The molecule has 3 rings (SSSR count). The lowest BCUT2D eigenvalue weighted by Gasteiger charge is -2.34. The van der Waals surface area contributed by atoms with E-state index in [9.17, 15) is 13.2 Å². The summed E-state index contributed by atoms with van der Waals surface area (Å²) in [5.41, 5.74) is 1.52. The number of aryl methyl sites for hydroxylation is 1. The maximum atomic E-state index is 13.4. The van der Waals surface area contributed by atoms with E-state index < -0.39 is 10.0 Å². The summed E-state index contributed by atoms with van der Waals surface area (Å²) >= 11 is 1.55. The van der Waals surface area contributed by atoms with Crippen molar-refractivity contribution in [3.8, 4) is 0 Å². The molecule has 0 aliphatic carbocycles. The van der Waals surface area contributed by atoms with Gasteiger partial charge in [-0.15, -0.1) is 11.8 Å². The molecule has 1 aliphatic rings. The maximum Gasteiger partial charge on any atom is 0.264 e. The monoisotopic (exact) mass is 433 g/mol. The molecular weight excluding hydrogens is 406 g/mol. The molecule has 2 aromatic rings. The maximum absolute atomic E-state index is 13.4. The van der Waals surface area contributed by atoms with Crippen LogP contribution in [-0.2, 0) is 14.8 Å². The number of likely N-dealkylation sites (N-methyl/N-ethyl adjacent to an activating group) is 1. The number of rotatable bonds is 6. The Morgan fingerprint density at radius 2 is 1.59 bits per heavy atom. The average Bonchev–Trinajstić information content (AvgIpc) is 2.73. The van der Waals surface area contributed by atoms with Gasteiger partial charge in [-0.25, -0.2) is 8.42 Å². The molecule has 8 heteroatoms. The topological polar surface area (TPSA) is 60.9 Å². The van der Waals surface area contributed by atoms with Crippen molar-refractivity contribution < 1.29 is 13.2 Å². The molecule has 0 radical (unpaired) electrons. The normalized spacial score (nSPS) is 15.3. The number of anilines is 1. The fraction of sp³-hybridized carbons (Fsp3) is 0.381. The molecule has 2 aromatic carbocycles. The van der Waals surface area contributed by atoms with E-state index in [2.05, 4.69) is 4.90 Å². The number of carbonyl (C=O) groups is 1. The molecule has 1 saturated heterocycles. The lowest BCUT2D eigenvalue weighted by atomic mass is 10.2. The quantitative estimate of drug-likeness (QED) is 0.656. The lowest BCUT2D eigenvalue weighted by Crippen LogP contribution is -2.50. The van der Waals surface area contributed by atoms with Gasteiger partial charge in [-0.3, -0.25) is 9.10 Å².